The lowest BCUT2D eigenvalue weighted by Crippen LogP contribution is -2.39. The van der Waals surface area contributed by atoms with Crippen LogP contribution in [0.25, 0.3) is 16.5 Å². The molecule has 40 heavy (non-hydrogen) atoms. The van der Waals surface area contributed by atoms with Gasteiger partial charge in [-0.15, -0.1) is 0 Å². The van der Waals surface area contributed by atoms with Crippen molar-refractivity contribution in [3.8, 4) is 11.5 Å². The highest BCUT2D eigenvalue weighted by Gasteiger charge is 2.32. The molecule has 1 aromatic heterocycles. The van der Waals surface area contributed by atoms with Crippen LogP contribution in [0.1, 0.15) is 68.5 Å². The number of carbonyl (C=O) groups excluding carboxylic acids is 2. The van der Waals surface area contributed by atoms with Crippen LogP contribution < -0.4 is 20.3 Å². The monoisotopic (exact) mass is 547 g/mol. The number of fused-ring (bicyclic) bond motifs is 1. The zero-order valence-electron chi connectivity index (χ0n) is 23.0. The first-order chi connectivity index (χ1) is 19.4. The maximum atomic E-state index is 12.8. The van der Waals surface area contributed by atoms with E-state index in [2.05, 4.69) is 10.2 Å². The van der Waals surface area contributed by atoms with Crippen molar-refractivity contribution in [1.29, 1.82) is 0 Å². The molecule has 1 atom stereocenters. The van der Waals surface area contributed by atoms with Gasteiger partial charge in [0.2, 0.25) is 5.91 Å². The second-order valence-corrected chi connectivity index (χ2v) is 10.6. The van der Waals surface area contributed by atoms with Crippen LogP contribution >= 0.6 is 0 Å². The Morgan fingerprint density at radius 2 is 1.80 bits per heavy atom. The topological polar surface area (TPSA) is 113 Å². The zero-order chi connectivity index (χ0) is 28.1. The summed E-state index contributed by atoms with van der Waals surface area (Å²) in [5, 5.41) is 12.6. The molecule has 9 nitrogen and oxygen atoms in total. The van der Waals surface area contributed by atoms with Crippen molar-refractivity contribution >= 4 is 28.4 Å². The van der Waals surface area contributed by atoms with Crippen LogP contribution in [0.4, 0.5) is 0 Å². The quantitative estimate of drug-likeness (QED) is 0.130. The van der Waals surface area contributed by atoms with Gasteiger partial charge < -0.3 is 24.1 Å². The minimum absolute atomic E-state index is 0.236. The summed E-state index contributed by atoms with van der Waals surface area (Å²) in [5.41, 5.74) is 3.32. The first kappa shape index (κ1) is 27.7. The summed E-state index contributed by atoms with van der Waals surface area (Å²) in [6.07, 6.45) is 7.38. The molecule has 0 radical (unpaired) electrons. The minimum atomic E-state index is -0.607. The number of nitrogens with zero attached hydrogens (tertiary/aromatic N) is 1. The van der Waals surface area contributed by atoms with Gasteiger partial charge in [-0.3, -0.25) is 14.8 Å². The predicted molar refractivity (Wildman–Crippen MR) is 151 cm³/mol. The maximum Gasteiger partial charge on any atom is 0.274 e. The molecule has 2 aliphatic rings. The number of benzene rings is 2. The fraction of sp³-hybridized carbons (Fsp3) is 0.419. The maximum absolute atomic E-state index is 12.8. The Morgan fingerprint density at radius 3 is 2.48 bits per heavy atom. The average molecular weight is 548 g/mol. The van der Waals surface area contributed by atoms with E-state index in [4.69, 9.17) is 19.1 Å². The molecule has 0 spiro atoms. The fourth-order valence-corrected chi connectivity index (χ4v) is 5.08. The van der Waals surface area contributed by atoms with E-state index in [0.717, 1.165) is 55.1 Å². The van der Waals surface area contributed by atoms with Gasteiger partial charge in [0.25, 0.3) is 5.91 Å². The Labute approximate surface area is 234 Å². The van der Waals surface area contributed by atoms with E-state index < -0.39 is 12.1 Å². The van der Waals surface area contributed by atoms with Gasteiger partial charge in [0, 0.05) is 42.6 Å². The molecule has 0 bridgehead atoms. The number of hydroxylamine groups is 1. The molecule has 9 heteroatoms. The lowest BCUT2D eigenvalue weighted by molar-refractivity contribution is -0.119. The van der Waals surface area contributed by atoms with Crippen LogP contribution in [-0.2, 0) is 4.79 Å². The van der Waals surface area contributed by atoms with E-state index in [-0.39, 0.29) is 12.0 Å². The van der Waals surface area contributed by atoms with E-state index in [1.165, 1.54) is 31.1 Å². The number of likely N-dealkylation sites (tertiary alicyclic amines) is 1. The molecule has 2 amide bonds. The smallest absolute Gasteiger partial charge is 0.274 e. The van der Waals surface area contributed by atoms with Crippen molar-refractivity contribution in [3.63, 3.8) is 0 Å². The number of ether oxygens (including phenoxy) is 2. The van der Waals surface area contributed by atoms with Crippen LogP contribution in [0.15, 0.2) is 59.0 Å². The van der Waals surface area contributed by atoms with E-state index in [1.807, 2.05) is 38.1 Å². The first-order valence-electron chi connectivity index (χ1n) is 14.1. The molecule has 212 valence electrons. The third-order valence-corrected chi connectivity index (χ3v) is 7.42. The molecule has 1 saturated heterocycles. The summed E-state index contributed by atoms with van der Waals surface area (Å²) >= 11 is 0. The standard InChI is InChI=1S/C31H37N3O6/c1-3-4-30(39-24-9-5-21(6-10-24)31(36)33-37)32-29(35)17-20(2)28-19-22-18-26(11-12-27(22)40-28)38-25-13-15-34(16-14-25)23-7-8-23/h5-6,9-12,17-19,23,25,30,37H,3-4,7-8,13-16H2,1-2H3,(H,32,35)(H,33,36)/b20-17-. The highest BCUT2D eigenvalue weighted by molar-refractivity contribution is 5.95. The Kier molecular flexibility index (Phi) is 8.72. The molecular formula is C31H37N3O6. The third-order valence-electron chi connectivity index (χ3n) is 7.42. The molecule has 1 aliphatic carbocycles. The number of rotatable bonds is 11. The van der Waals surface area contributed by atoms with E-state index in [0.29, 0.717) is 29.1 Å². The molecule has 3 aromatic rings. The highest BCUT2D eigenvalue weighted by Crippen LogP contribution is 2.32. The molecule has 1 saturated carbocycles. The van der Waals surface area contributed by atoms with Gasteiger partial charge in [-0.25, -0.2) is 5.48 Å². The van der Waals surface area contributed by atoms with Gasteiger partial charge in [-0.05, 0) is 86.7 Å². The average Bonchev–Trinajstić information content (AvgIpc) is 3.72. The van der Waals surface area contributed by atoms with Crippen LogP contribution in [0.5, 0.6) is 11.5 Å². The summed E-state index contributed by atoms with van der Waals surface area (Å²) in [7, 11) is 0. The van der Waals surface area contributed by atoms with Crippen molar-refractivity contribution in [2.24, 2.45) is 0 Å². The highest BCUT2D eigenvalue weighted by atomic mass is 16.5. The van der Waals surface area contributed by atoms with Crippen molar-refractivity contribution in [3.05, 3.63) is 65.9 Å². The summed E-state index contributed by atoms with van der Waals surface area (Å²) < 4.78 is 18.2. The van der Waals surface area contributed by atoms with Crippen molar-refractivity contribution in [1.82, 2.24) is 15.7 Å². The molecule has 5 rings (SSSR count). The molecule has 2 aromatic carbocycles. The van der Waals surface area contributed by atoms with E-state index >= 15 is 0 Å². The summed E-state index contributed by atoms with van der Waals surface area (Å²) in [4.78, 5) is 26.9. The van der Waals surface area contributed by atoms with Crippen molar-refractivity contribution < 1.29 is 28.7 Å². The molecular weight excluding hydrogens is 510 g/mol. The fourth-order valence-electron chi connectivity index (χ4n) is 5.08. The van der Waals surface area contributed by atoms with Crippen LogP contribution in [0, 0.1) is 0 Å². The van der Waals surface area contributed by atoms with Gasteiger partial charge in [0.05, 0.1) is 0 Å². The number of hydrogen-bond donors (Lipinski definition) is 3. The first-order valence-corrected chi connectivity index (χ1v) is 14.1. The normalized spacial score (nSPS) is 17.4. The lowest BCUT2D eigenvalue weighted by atomic mass is 10.1. The second-order valence-electron chi connectivity index (χ2n) is 10.6. The number of furan rings is 1. The largest absolute Gasteiger partial charge is 0.490 e. The second kappa shape index (κ2) is 12.6. The lowest BCUT2D eigenvalue weighted by Gasteiger charge is -2.32. The third kappa shape index (κ3) is 7.03. The molecule has 1 aliphatic heterocycles. The number of nitrogens with one attached hydrogen (secondary N) is 2. The summed E-state index contributed by atoms with van der Waals surface area (Å²) in [6.45, 7) is 6.06. The van der Waals surface area contributed by atoms with Crippen molar-refractivity contribution in [2.75, 3.05) is 13.1 Å². The van der Waals surface area contributed by atoms with Gasteiger partial charge in [0.1, 0.15) is 28.9 Å². The Bertz CT molecular complexity index is 1350. The molecule has 3 N–H and O–H groups in total. The Balaban J connectivity index is 1.18. The molecule has 2 fully saturated rings. The number of amides is 2. The van der Waals surface area contributed by atoms with Crippen LogP contribution in [0.2, 0.25) is 0 Å². The number of hydrogen-bond acceptors (Lipinski definition) is 7. The minimum Gasteiger partial charge on any atom is -0.490 e. The molecule has 1 unspecified atom stereocenters. The molecule has 2 heterocycles. The van der Waals surface area contributed by atoms with Crippen molar-refractivity contribution in [2.45, 2.75) is 70.7 Å². The number of allylic oxidation sites excluding steroid dienone is 1. The van der Waals surface area contributed by atoms with E-state index in [1.54, 1.807) is 17.6 Å². The van der Waals surface area contributed by atoms with Crippen LogP contribution in [0.3, 0.4) is 0 Å². The van der Waals surface area contributed by atoms with Gasteiger partial charge in [0.15, 0.2) is 6.23 Å². The summed E-state index contributed by atoms with van der Waals surface area (Å²) in [6, 6.07) is 14.9. The Morgan fingerprint density at radius 1 is 1.07 bits per heavy atom. The predicted octanol–water partition coefficient (Wildman–Crippen LogP) is 5.28. The van der Waals surface area contributed by atoms with Crippen LogP contribution in [-0.4, -0.2) is 53.4 Å². The zero-order valence-corrected chi connectivity index (χ0v) is 23.0. The van der Waals surface area contributed by atoms with Gasteiger partial charge >= 0.3 is 0 Å². The Hall–Kier alpha value is -3.82. The van der Waals surface area contributed by atoms with Gasteiger partial charge in [-0.2, -0.15) is 0 Å². The van der Waals surface area contributed by atoms with E-state index in [9.17, 15) is 9.59 Å². The van der Waals surface area contributed by atoms with Gasteiger partial charge in [-0.1, -0.05) is 13.3 Å². The number of piperidine rings is 1. The summed E-state index contributed by atoms with van der Waals surface area (Å²) in [5.74, 6) is 1.05. The number of carbonyl (C=O) groups is 2. The SMILES string of the molecule is CCCC(NC(=O)/C=C(/C)c1cc2cc(OC3CCN(C4CC4)CC3)ccc2o1)Oc1ccc(C(=O)NO)cc1.